The van der Waals surface area contributed by atoms with E-state index in [2.05, 4.69) is 110 Å². The van der Waals surface area contributed by atoms with Gasteiger partial charge in [0.2, 0.25) is 0 Å². The lowest BCUT2D eigenvalue weighted by molar-refractivity contribution is 0.571. The van der Waals surface area contributed by atoms with Crippen LogP contribution in [0.4, 0.5) is 0 Å². The second-order valence-electron chi connectivity index (χ2n) is 10.8. The molecule has 0 unspecified atom stereocenters. The smallest absolute Gasteiger partial charge is 0.165 e. The number of para-hydroxylation sites is 2. The van der Waals surface area contributed by atoms with Crippen LogP contribution in [0.1, 0.15) is 26.5 Å². The zero-order valence-electron chi connectivity index (χ0n) is 21.6. The maximum atomic E-state index is 6.59. The number of hydrogen-bond acceptors (Lipinski definition) is 3. The molecule has 0 radical (unpaired) electrons. The molecule has 0 saturated heterocycles. The molecule has 0 aliphatic carbocycles. The summed E-state index contributed by atoms with van der Waals surface area (Å²) in [5.41, 5.74) is 8.62. The molecule has 0 aliphatic heterocycles. The van der Waals surface area contributed by atoms with Crippen LogP contribution in [0.5, 0.6) is 0 Å². The maximum Gasteiger partial charge on any atom is 0.165 e. The number of rotatable bonds is 3. The normalized spacial score (nSPS) is 12.1. The van der Waals surface area contributed by atoms with Crippen molar-refractivity contribution in [2.24, 2.45) is 0 Å². The van der Waals surface area contributed by atoms with E-state index in [0.29, 0.717) is 0 Å². The van der Waals surface area contributed by atoms with Gasteiger partial charge < -0.3 is 4.42 Å². The van der Waals surface area contributed by atoms with E-state index in [9.17, 15) is 0 Å². The maximum absolute atomic E-state index is 6.59. The van der Waals surface area contributed by atoms with Gasteiger partial charge in [-0.2, -0.15) is 0 Å². The van der Waals surface area contributed by atoms with Gasteiger partial charge in [-0.1, -0.05) is 87.5 Å². The fraction of sp³-hybridized carbons (Fsp3) is 0.118. The van der Waals surface area contributed by atoms with E-state index in [0.717, 1.165) is 61.4 Å². The number of furan rings is 1. The Morgan fingerprint density at radius 3 is 2.18 bits per heavy atom. The van der Waals surface area contributed by atoms with E-state index in [-0.39, 0.29) is 5.41 Å². The van der Waals surface area contributed by atoms with Crippen molar-refractivity contribution < 1.29 is 4.42 Å². The van der Waals surface area contributed by atoms with Crippen LogP contribution in [-0.2, 0) is 5.41 Å². The highest BCUT2D eigenvalue weighted by Gasteiger charge is 2.23. The van der Waals surface area contributed by atoms with Crippen molar-refractivity contribution in [2.75, 3.05) is 0 Å². The molecule has 0 N–H and O–H groups in total. The topological polar surface area (TPSA) is 43.9 Å². The summed E-state index contributed by atoms with van der Waals surface area (Å²) < 4.78 is 8.75. The van der Waals surface area contributed by atoms with Crippen LogP contribution >= 0.6 is 0 Å². The van der Waals surface area contributed by atoms with E-state index in [1.165, 1.54) is 5.56 Å². The first-order valence-corrected chi connectivity index (χ1v) is 12.9. The summed E-state index contributed by atoms with van der Waals surface area (Å²) >= 11 is 0. The second kappa shape index (κ2) is 8.42. The highest BCUT2D eigenvalue weighted by Crippen LogP contribution is 2.39. The minimum atomic E-state index is -0.0741. The molecule has 0 atom stereocenters. The Hall–Kier alpha value is -4.70. The number of fused-ring (bicyclic) bond motifs is 4. The van der Waals surface area contributed by atoms with E-state index in [4.69, 9.17) is 14.4 Å². The van der Waals surface area contributed by atoms with Gasteiger partial charge in [0.05, 0.1) is 5.56 Å². The number of aromatic nitrogens is 3. The SMILES string of the molecule is CC(C)(C)c1ccc2nc(-c3cccc4c3oc3cc(-c5ccccc5)ccc34)n(-c3ccccc3)c2n1. The minimum absolute atomic E-state index is 0.0741. The zero-order chi connectivity index (χ0) is 25.9. The lowest BCUT2D eigenvalue weighted by Crippen LogP contribution is -2.13. The molecule has 4 aromatic carbocycles. The average molecular weight is 494 g/mol. The first kappa shape index (κ1) is 22.5. The molecule has 0 amide bonds. The van der Waals surface area contributed by atoms with E-state index in [1.807, 2.05) is 24.3 Å². The Balaban J connectivity index is 1.50. The van der Waals surface area contributed by atoms with Crippen molar-refractivity contribution in [3.63, 3.8) is 0 Å². The Labute approximate surface area is 221 Å². The Morgan fingerprint density at radius 2 is 1.42 bits per heavy atom. The number of pyridine rings is 1. The van der Waals surface area contributed by atoms with Crippen LogP contribution in [0.15, 0.2) is 114 Å². The Kier molecular flexibility index (Phi) is 4.98. The minimum Gasteiger partial charge on any atom is -0.455 e. The van der Waals surface area contributed by atoms with Crippen LogP contribution in [0.3, 0.4) is 0 Å². The molecule has 0 saturated carbocycles. The molecule has 38 heavy (non-hydrogen) atoms. The molecular weight excluding hydrogens is 466 g/mol. The molecule has 0 bridgehead atoms. The third-order valence-electron chi connectivity index (χ3n) is 7.13. The Morgan fingerprint density at radius 1 is 0.658 bits per heavy atom. The van der Waals surface area contributed by atoms with E-state index >= 15 is 0 Å². The van der Waals surface area contributed by atoms with Crippen LogP contribution in [0, 0.1) is 0 Å². The number of benzene rings is 4. The van der Waals surface area contributed by atoms with Crippen LogP contribution in [-0.4, -0.2) is 14.5 Å². The largest absolute Gasteiger partial charge is 0.455 e. The van der Waals surface area contributed by atoms with E-state index < -0.39 is 0 Å². The summed E-state index contributed by atoms with van der Waals surface area (Å²) in [7, 11) is 0. The van der Waals surface area contributed by atoms with Crippen molar-refractivity contribution in [3.8, 4) is 28.2 Å². The fourth-order valence-corrected chi connectivity index (χ4v) is 5.16. The zero-order valence-corrected chi connectivity index (χ0v) is 21.6. The molecule has 184 valence electrons. The summed E-state index contributed by atoms with van der Waals surface area (Å²) in [6.07, 6.45) is 0. The quantitative estimate of drug-likeness (QED) is 0.247. The second-order valence-corrected chi connectivity index (χ2v) is 10.8. The molecule has 0 aliphatic rings. The Bertz CT molecular complexity index is 1940. The van der Waals surface area contributed by atoms with Gasteiger partial charge >= 0.3 is 0 Å². The van der Waals surface area contributed by atoms with Crippen LogP contribution < -0.4 is 0 Å². The predicted molar refractivity (Wildman–Crippen MR) is 156 cm³/mol. The van der Waals surface area contributed by atoms with Crippen molar-refractivity contribution in [3.05, 3.63) is 115 Å². The third kappa shape index (κ3) is 3.60. The van der Waals surface area contributed by atoms with Gasteiger partial charge in [-0.3, -0.25) is 4.57 Å². The van der Waals surface area contributed by atoms with Gasteiger partial charge in [0.25, 0.3) is 0 Å². The number of hydrogen-bond donors (Lipinski definition) is 0. The van der Waals surface area contributed by atoms with Gasteiger partial charge in [-0.15, -0.1) is 0 Å². The molecule has 4 nitrogen and oxygen atoms in total. The summed E-state index contributed by atoms with van der Waals surface area (Å²) in [6.45, 7) is 6.55. The molecule has 4 heteroatoms. The third-order valence-corrected chi connectivity index (χ3v) is 7.13. The molecule has 0 fully saturated rings. The molecule has 7 aromatic rings. The van der Waals surface area contributed by atoms with Crippen molar-refractivity contribution in [1.29, 1.82) is 0 Å². The lowest BCUT2D eigenvalue weighted by Gasteiger charge is -2.17. The standard InChI is InChI=1S/C34H27N3O/c1-34(2,3)30-20-19-28-33(36-30)37(24-13-8-5-9-14-24)32(35-28)27-16-10-15-26-25-18-17-23(21-29(25)38-31(26)27)22-11-6-4-7-12-22/h4-21H,1-3H3. The van der Waals surface area contributed by atoms with Crippen molar-refractivity contribution >= 4 is 33.1 Å². The van der Waals surface area contributed by atoms with Crippen molar-refractivity contribution in [1.82, 2.24) is 14.5 Å². The van der Waals surface area contributed by atoms with Gasteiger partial charge in [0.1, 0.15) is 16.7 Å². The first-order valence-electron chi connectivity index (χ1n) is 12.9. The van der Waals surface area contributed by atoms with Gasteiger partial charge in [0.15, 0.2) is 11.5 Å². The number of imidazole rings is 1. The molecule has 3 heterocycles. The highest BCUT2D eigenvalue weighted by molar-refractivity contribution is 6.10. The summed E-state index contributed by atoms with van der Waals surface area (Å²) in [5, 5.41) is 2.17. The summed E-state index contributed by atoms with van der Waals surface area (Å²) in [6, 6.07) is 37.6. The predicted octanol–water partition coefficient (Wildman–Crippen LogP) is 8.95. The van der Waals surface area contributed by atoms with Gasteiger partial charge in [-0.25, -0.2) is 9.97 Å². The number of nitrogens with zero attached hydrogens (tertiary/aromatic N) is 3. The van der Waals surface area contributed by atoms with Crippen LogP contribution in [0.2, 0.25) is 0 Å². The summed E-state index contributed by atoms with van der Waals surface area (Å²) in [4.78, 5) is 10.2. The highest BCUT2D eigenvalue weighted by atomic mass is 16.3. The molecule has 3 aromatic heterocycles. The lowest BCUT2D eigenvalue weighted by atomic mass is 9.92. The first-order chi connectivity index (χ1) is 18.5. The average Bonchev–Trinajstić information content (AvgIpc) is 3.51. The van der Waals surface area contributed by atoms with E-state index in [1.54, 1.807) is 0 Å². The van der Waals surface area contributed by atoms with Gasteiger partial charge in [0, 0.05) is 27.6 Å². The van der Waals surface area contributed by atoms with Crippen molar-refractivity contribution in [2.45, 2.75) is 26.2 Å². The fourth-order valence-electron chi connectivity index (χ4n) is 5.16. The molecule has 7 rings (SSSR count). The monoisotopic (exact) mass is 493 g/mol. The molecular formula is C34H27N3O. The van der Waals surface area contributed by atoms with Gasteiger partial charge in [-0.05, 0) is 53.6 Å². The van der Waals surface area contributed by atoms with Crippen LogP contribution in [0.25, 0.3) is 61.3 Å². The molecule has 0 spiro atoms. The summed E-state index contributed by atoms with van der Waals surface area (Å²) in [5.74, 6) is 0.817.